The van der Waals surface area contributed by atoms with Crippen LogP contribution in [-0.2, 0) is 21.2 Å². The Morgan fingerprint density at radius 3 is 2.45 bits per heavy atom. The average molecular weight is 459 g/mol. The Balaban J connectivity index is 1.89. The molecule has 0 aromatic heterocycles. The number of hydrogen-bond acceptors (Lipinski definition) is 4. The van der Waals surface area contributed by atoms with Gasteiger partial charge in [-0.25, -0.2) is 8.42 Å². The Morgan fingerprint density at radius 2 is 1.83 bits per heavy atom. The van der Waals surface area contributed by atoms with Crippen LogP contribution in [0.5, 0.6) is 5.75 Å². The van der Waals surface area contributed by atoms with E-state index < -0.39 is 15.9 Å². The molecule has 0 fully saturated rings. The minimum Gasteiger partial charge on any atom is -0.494 e. The summed E-state index contributed by atoms with van der Waals surface area (Å²) in [7, 11) is -3.72. The number of aryl methyl sites for hydroxylation is 1. The van der Waals surface area contributed by atoms with Crippen LogP contribution < -0.4 is 14.4 Å². The number of ether oxygens (including phenoxy) is 1. The maximum Gasteiger partial charge on any atom is 0.240 e. The van der Waals surface area contributed by atoms with Gasteiger partial charge in [0.2, 0.25) is 15.9 Å². The topological polar surface area (TPSA) is 75.7 Å². The first-order valence-corrected chi connectivity index (χ1v) is 11.7. The van der Waals surface area contributed by atoms with Gasteiger partial charge in [-0.3, -0.25) is 9.10 Å². The van der Waals surface area contributed by atoms with Gasteiger partial charge in [0.25, 0.3) is 0 Å². The van der Waals surface area contributed by atoms with Crippen LogP contribution in [0.3, 0.4) is 0 Å². The van der Waals surface area contributed by atoms with E-state index in [1.807, 2.05) is 31.2 Å². The third-order valence-electron chi connectivity index (χ3n) is 4.06. The van der Waals surface area contributed by atoms with Crippen molar-refractivity contribution in [2.75, 3.05) is 30.3 Å². The van der Waals surface area contributed by atoms with E-state index in [1.165, 1.54) is 12.1 Å². The SMILES string of the molecule is CCOc1ccc(CCCNC(=O)CN(c2cc(Cl)ccc2Cl)S(C)(=O)=O)cc1. The van der Waals surface area contributed by atoms with Crippen molar-refractivity contribution in [2.24, 2.45) is 0 Å². The van der Waals surface area contributed by atoms with Gasteiger partial charge in [-0.2, -0.15) is 0 Å². The van der Waals surface area contributed by atoms with Crippen LogP contribution in [0.4, 0.5) is 5.69 Å². The summed E-state index contributed by atoms with van der Waals surface area (Å²) in [4.78, 5) is 12.3. The molecule has 0 aliphatic heterocycles. The molecule has 1 N–H and O–H groups in total. The van der Waals surface area contributed by atoms with Crippen LogP contribution in [0, 0.1) is 0 Å². The van der Waals surface area contributed by atoms with Gasteiger partial charge in [0.15, 0.2) is 0 Å². The molecule has 2 aromatic carbocycles. The standard InChI is InChI=1S/C20H24Cl2N2O4S/c1-3-28-17-9-6-15(7-10-17)5-4-12-23-20(25)14-24(29(2,26)27)19-13-16(21)8-11-18(19)22/h6-11,13H,3-5,12,14H2,1-2H3,(H,23,25). The Hall–Kier alpha value is -1.96. The molecule has 0 unspecified atom stereocenters. The highest BCUT2D eigenvalue weighted by Gasteiger charge is 2.23. The van der Waals surface area contributed by atoms with Crippen molar-refractivity contribution in [3.63, 3.8) is 0 Å². The number of anilines is 1. The number of hydrogen-bond donors (Lipinski definition) is 1. The summed E-state index contributed by atoms with van der Waals surface area (Å²) in [6.45, 7) is 2.60. The normalized spacial score (nSPS) is 11.2. The molecule has 0 saturated carbocycles. The van der Waals surface area contributed by atoms with E-state index >= 15 is 0 Å². The summed E-state index contributed by atoms with van der Waals surface area (Å²) in [5.74, 6) is 0.406. The van der Waals surface area contributed by atoms with Crippen molar-refractivity contribution in [1.29, 1.82) is 0 Å². The van der Waals surface area contributed by atoms with Crippen molar-refractivity contribution in [2.45, 2.75) is 19.8 Å². The molecular weight excluding hydrogens is 435 g/mol. The first-order chi connectivity index (χ1) is 13.7. The van der Waals surface area contributed by atoms with Crippen LogP contribution in [0.25, 0.3) is 0 Å². The largest absolute Gasteiger partial charge is 0.494 e. The lowest BCUT2D eigenvalue weighted by atomic mass is 10.1. The zero-order chi connectivity index (χ0) is 21.4. The number of carbonyl (C=O) groups excluding carboxylic acids is 1. The average Bonchev–Trinajstić information content (AvgIpc) is 2.66. The highest BCUT2D eigenvalue weighted by molar-refractivity contribution is 7.92. The lowest BCUT2D eigenvalue weighted by molar-refractivity contribution is -0.119. The molecule has 0 aliphatic rings. The Kier molecular flexibility index (Phi) is 8.61. The van der Waals surface area contributed by atoms with Crippen molar-refractivity contribution < 1.29 is 17.9 Å². The molecule has 2 rings (SSSR count). The number of nitrogens with one attached hydrogen (secondary N) is 1. The summed E-state index contributed by atoms with van der Waals surface area (Å²) in [6, 6.07) is 12.3. The number of carbonyl (C=O) groups is 1. The van der Waals surface area contributed by atoms with E-state index in [9.17, 15) is 13.2 Å². The van der Waals surface area contributed by atoms with E-state index in [4.69, 9.17) is 27.9 Å². The lowest BCUT2D eigenvalue weighted by Crippen LogP contribution is -2.40. The van der Waals surface area contributed by atoms with Gasteiger partial charge in [-0.15, -0.1) is 0 Å². The molecule has 0 aliphatic carbocycles. The predicted octanol–water partition coefficient (Wildman–Crippen LogP) is 3.91. The maximum atomic E-state index is 12.3. The predicted molar refractivity (Wildman–Crippen MR) is 118 cm³/mol. The van der Waals surface area contributed by atoms with Crippen LogP contribution in [0.15, 0.2) is 42.5 Å². The Morgan fingerprint density at radius 1 is 1.14 bits per heavy atom. The number of halogens is 2. The molecule has 2 aromatic rings. The molecule has 6 nitrogen and oxygen atoms in total. The number of rotatable bonds is 10. The van der Waals surface area contributed by atoms with Crippen LogP contribution in [0.1, 0.15) is 18.9 Å². The fourth-order valence-corrected chi connectivity index (χ4v) is 3.98. The molecule has 158 valence electrons. The molecule has 0 bridgehead atoms. The van der Waals surface area contributed by atoms with E-state index in [2.05, 4.69) is 5.32 Å². The zero-order valence-electron chi connectivity index (χ0n) is 16.3. The second kappa shape index (κ2) is 10.7. The van der Waals surface area contributed by atoms with Gasteiger partial charge >= 0.3 is 0 Å². The molecule has 0 atom stereocenters. The molecule has 29 heavy (non-hydrogen) atoms. The van der Waals surface area contributed by atoms with Crippen molar-refractivity contribution in [3.8, 4) is 5.75 Å². The fraction of sp³-hybridized carbons (Fsp3) is 0.350. The van der Waals surface area contributed by atoms with Gasteiger partial charge in [-0.1, -0.05) is 35.3 Å². The van der Waals surface area contributed by atoms with Gasteiger partial charge in [-0.05, 0) is 55.7 Å². The monoisotopic (exact) mass is 458 g/mol. The second-order valence-electron chi connectivity index (χ2n) is 6.40. The number of nitrogens with zero attached hydrogens (tertiary/aromatic N) is 1. The molecular formula is C20H24Cl2N2O4S. The minimum atomic E-state index is -3.72. The highest BCUT2D eigenvalue weighted by Crippen LogP contribution is 2.30. The van der Waals surface area contributed by atoms with Crippen LogP contribution in [0.2, 0.25) is 10.0 Å². The van der Waals surface area contributed by atoms with Crippen LogP contribution >= 0.6 is 23.2 Å². The second-order valence-corrected chi connectivity index (χ2v) is 9.15. The molecule has 9 heteroatoms. The first-order valence-electron chi connectivity index (χ1n) is 9.12. The Bertz CT molecular complexity index is 934. The summed E-state index contributed by atoms with van der Waals surface area (Å²) in [6.07, 6.45) is 2.52. The number of amides is 1. The van der Waals surface area contributed by atoms with Crippen molar-refractivity contribution >= 4 is 44.8 Å². The smallest absolute Gasteiger partial charge is 0.240 e. The summed E-state index contributed by atoms with van der Waals surface area (Å²) in [5, 5.41) is 3.27. The van der Waals surface area contributed by atoms with Gasteiger partial charge in [0.05, 0.1) is 23.6 Å². The highest BCUT2D eigenvalue weighted by atomic mass is 35.5. The van der Waals surface area contributed by atoms with E-state index in [0.29, 0.717) is 18.2 Å². The van der Waals surface area contributed by atoms with E-state index in [0.717, 1.165) is 34.7 Å². The minimum absolute atomic E-state index is 0.172. The van der Waals surface area contributed by atoms with Crippen LogP contribution in [-0.4, -0.2) is 40.3 Å². The molecule has 0 heterocycles. The summed E-state index contributed by atoms with van der Waals surface area (Å²) in [5.41, 5.74) is 1.30. The molecule has 0 radical (unpaired) electrons. The molecule has 0 saturated heterocycles. The lowest BCUT2D eigenvalue weighted by Gasteiger charge is -2.23. The third kappa shape index (κ3) is 7.42. The quantitative estimate of drug-likeness (QED) is 0.547. The Labute approximate surface area is 181 Å². The van der Waals surface area contributed by atoms with Gasteiger partial charge in [0.1, 0.15) is 12.3 Å². The van der Waals surface area contributed by atoms with Gasteiger partial charge < -0.3 is 10.1 Å². The van der Waals surface area contributed by atoms with Crippen molar-refractivity contribution in [1.82, 2.24) is 5.32 Å². The molecule has 0 spiro atoms. The summed E-state index contributed by atoms with van der Waals surface area (Å²) < 4.78 is 30.7. The fourth-order valence-electron chi connectivity index (χ4n) is 2.68. The number of sulfonamides is 1. The third-order valence-corrected chi connectivity index (χ3v) is 5.74. The van der Waals surface area contributed by atoms with E-state index in [-0.39, 0.29) is 17.3 Å². The first kappa shape index (κ1) is 23.3. The van der Waals surface area contributed by atoms with E-state index in [1.54, 1.807) is 6.07 Å². The molecule has 1 amide bonds. The maximum absolute atomic E-state index is 12.3. The number of benzene rings is 2. The van der Waals surface area contributed by atoms with Crippen molar-refractivity contribution in [3.05, 3.63) is 58.1 Å². The van der Waals surface area contributed by atoms with Gasteiger partial charge in [0, 0.05) is 11.6 Å². The summed E-state index contributed by atoms with van der Waals surface area (Å²) >= 11 is 12.0. The zero-order valence-corrected chi connectivity index (χ0v) is 18.6.